The van der Waals surface area contributed by atoms with Crippen LogP contribution in [0.4, 0.5) is 11.4 Å². The fourth-order valence-electron chi connectivity index (χ4n) is 1.21. The monoisotopic (exact) mass is 236 g/mol. The van der Waals surface area contributed by atoms with Crippen LogP contribution < -0.4 is 34.9 Å². The molecule has 0 amide bonds. The second-order valence-corrected chi connectivity index (χ2v) is 3.30. The van der Waals surface area contributed by atoms with Crippen LogP contribution in [0.2, 0.25) is 0 Å². The van der Waals surface area contributed by atoms with Crippen molar-refractivity contribution in [3.05, 3.63) is 66.0 Å². The number of nitrogens with one attached hydrogen (secondary N) is 1. The van der Waals surface area contributed by atoms with Crippen molar-refractivity contribution in [2.24, 2.45) is 0 Å². The van der Waals surface area contributed by atoms with Crippen LogP contribution in [-0.2, 0) is 0 Å². The van der Waals surface area contributed by atoms with Gasteiger partial charge in [0.2, 0.25) is 0 Å². The third-order valence-electron chi connectivity index (χ3n) is 1.84. The van der Waals surface area contributed by atoms with Crippen LogP contribution in [0, 0.1) is 0 Å². The minimum absolute atomic E-state index is 0. The average Bonchev–Trinajstić information content (AvgIpc) is 2.33. The van der Waals surface area contributed by atoms with E-state index in [1.54, 1.807) is 14.1 Å². The van der Waals surface area contributed by atoms with E-state index in [0.717, 1.165) is 11.4 Å². The topological polar surface area (TPSA) is 26.1 Å². The van der Waals surface area contributed by atoms with Crippen molar-refractivity contribution in [2.75, 3.05) is 19.4 Å². The van der Waals surface area contributed by atoms with E-state index in [1.165, 1.54) is 0 Å². The van der Waals surface area contributed by atoms with Gasteiger partial charge in [0, 0.05) is 11.4 Å². The van der Waals surface area contributed by atoms with Gasteiger partial charge in [0.15, 0.2) is 0 Å². The van der Waals surface area contributed by atoms with E-state index in [0.29, 0.717) is 0 Å². The van der Waals surface area contributed by atoms with Crippen LogP contribution in [0.5, 0.6) is 0 Å². The molecule has 0 saturated heterocycles. The second-order valence-electron chi connectivity index (χ2n) is 3.30. The van der Waals surface area contributed by atoms with Crippen LogP contribution in [0.1, 0.15) is 0 Å². The summed E-state index contributed by atoms with van der Waals surface area (Å²) in [6.07, 6.45) is 0. The molecule has 1 N–H and O–H groups in total. The molecule has 0 aliphatic heterocycles. The Morgan fingerprint density at radius 2 is 1.00 bits per heavy atom. The van der Waals surface area contributed by atoms with Crippen molar-refractivity contribution in [1.29, 1.82) is 0 Å². The summed E-state index contributed by atoms with van der Waals surface area (Å²) in [5, 5.41) is 6.80. The van der Waals surface area contributed by atoms with Gasteiger partial charge in [-0.15, -0.1) is 0 Å². The molecule has 2 rings (SSSR count). The molecule has 2 aromatic rings. The van der Waals surface area contributed by atoms with Crippen LogP contribution in [0.3, 0.4) is 0 Å². The van der Waals surface area contributed by atoms with Crippen molar-refractivity contribution in [1.82, 2.24) is 0 Å². The minimum atomic E-state index is 0. The summed E-state index contributed by atoms with van der Waals surface area (Å²) in [4.78, 5) is 0. The van der Waals surface area contributed by atoms with Gasteiger partial charge in [0.25, 0.3) is 0 Å². The Bertz CT molecular complexity index is 338. The molecule has 0 aliphatic carbocycles. The molecule has 0 spiro atoms. The number of rotatable bonds is 2. The maximum absolute atomic E-state index is 3.50. The molecule has 0 atom stereocenters. The van der Waals surface area contributed by atoms with E-state index in [9.17, 15) is 0 Å². The Morgan fingerprint density at radius 3 is 1.29 bits per heavy atom. The summed E-state index contributed by atoms with van der Waals surface area (Å²) >= 11 is 0. The predicted octanol–water partition coefficient (Wildman–Crippen LogP) is 1.05. The van der Waals surface area contributed by atoms with Gasteiger partial charge in [-0.3, -0.25) is 0 Å². The van der Waals surface area contributed by atoms with Crippen molar-refractivity contribution in [2.45, 2.75) is 0 Å². The molecule has 0 radical (unpaired) electrons. The molecular formula is C14H17N2Na. The standard InChI is InChI=1S/C12H11N.C2H6N.Na/c1-3-7-11(8-4-1)13-12-9-5-2-6-10-12;1-3-2;/h1-10,13H;1-2H3;/q;-1;+1. The van der Waals surface area contributed by atoms with Gasteiger partial charge in [0.05, 0.1) is 0 Å². The predicted molar refractivity (Wildman–Crippen MR) is 71.4 cm³/mol. The first-order valence-electron chi connectivity index (χ1n) is 5.22. The van der Waals surface area contributed by atoms with E-state index in [1.807, 2.05) is 60.7 Å². The molecule has 2 aromatic carbocycles. The summed E-state index contributed by atoms with van der Waals surface area (Å²) in [7, 11) is 3.50. The maximum Gasteiger partial charge on any atom is 1.00 e. The Morgan fingerprint density at radius 1 is 0.706 bits per heavy atom. The number of benzene rings is 2. The average molecular weight is 236 g/mol. The molecular weight excluding hydrogens is 219 g/mol. The molecule has 2 nitrogen and oxygen atoms in total. The Hall–Kier alpha value is -0.800. The largest absolute Gasteiger partial charge is 1.00 e. The quantitative estimate of drug-likeness (QED) is 0.775. The molecule has 0 unspecified atom stereocenters. The molecule has 0 bridgehead atoms. The first-order valence-corrected chi connectivity index (χ1v) is 5.22. The third-order valence-corrected chi connectivity index (χ3v) is 1.84. The van der Waals surface area contributed by atoms with Crippen LogP contribution in [-0.4, -0.2) is 14.1 Å². The zero-order valence-electron chi connectivity index (χ0n) is 10.7. The zero-order chi connectivity index (χ0) is 11.6. The van der Waals surface area contributed by atoms with Gasteiger partial charge in [-0.05, 0) is 24.3 Å². The van der Waals surface area contributed by atoms with Gasteiger partial charge < -0.3 is 10.6 Å². The van der Waals surface area contributed by atoms with Gasteiger partial charge in [-0.2, -0.15) is 14.1 Å². The number of hydrogen-bond acceptors (Lipinski definition) is 1. The molecule has 3 heteroatoms. The van der Waals surface area contributed by atoms with E-state index in [-0.39, 0.29) is 29.6 Å². The number of para-hydroxylation sites is 2. The number of nitrogens with zero attached hydrogens (tertiary/aromatic N) is 1. The van der Waals surface area contributed by atoms with E-state index >= 15 is 0 Å². The molecule has 0 aliphatic rings. The second kappa shape index (κ2) is 10.4. The Labute approximate surface area is 126 Å². The fraction of sp³-hybridized carbons (Fsp3) is 0.143. The first kappa shape index (κ1) is 16.2. The van der Waals surface area contributed by atoms with E-state index in [2.05, 4.69) is 10.6 Å². The van der Waals surface area contributed by atoms with Crippen molar-refractivity contribution in [3.63, 3.8) is 0 Å². The number of hydrogen-bond donors (Lipinski definition) is 1. The van der Waals surface area contributed by atoms with E-state index < -0.39 is 0 Å². The van der Waals surface area contributed by atoms with Crippen LogP contribution >= 0.6 is 0 Å². The van der Waals surface area contributed by atoms with Gasteiger partial charge in [0.1, 0.15) is 0 Å². The van der Waals surface area contributed by atoms with Crippen LogP contribution in [0.25, 0.3) is 5.32 Å². The smallest absolute Gasteiger partial charge is 0.668 e. The first-order chi connectivity index (χ1) is 7.86. The van der Waals surface area contributed by atoms with Gasteiger partial charge >= 0.3 is 29.6 Å². The summed E-state index contributed by atoms with van der Waals surface area (Å²) in [6, 6.07) is 20.3. The summed E-state index contributed by atoms with van der Waals surface area (Å²) in [6.45, 7) is 0. The molecule has 0 heterocycles. The van der Waals surface area contributed by atoms with Gasteiger partial charge in [-0.25, -0.2) is 0 Å². The minimum Gasteiger partial charge on any atom is -0.668 e. The molecule has 84 valence electrons. The fourth-order valence-corrected chi connectivity index (χ4v) is 1.21. The van der Waals surface area contributed by atoms with Crippen molar-refractivity contribution in [3.8, 4) is 0 Å². The Balaban J connectivity index is 0.000000583. The third kappa shape index (κ3) is 7.18. The molecule has 0 fully saturated rings. The SMILES string of the molecule is C[N-]C.[Na+].c1ccc(Nc2ccccc2)cc1. The normalized spacial score (nSPS) is 8.35. The summed E-state index contributed by atoms with van der Waals surface area (Å²) < 4.78 is 0. The van der Waals surface area contributed by atoms with Crippen LogP contribution in [0.15, 0.2) is 60.7 Å². The zero-order valence-corrected chi connectivity index (χ0v) is 12.7. The molecule has 0 aromatic heterocycles. The van der Waals surface area contributed by atoms with Crippen molar-refractivity contribution < 1.29 is 29.6 Å². The molecule has 0 saturated carbocycles. The van der Waals surface area contributed by atoms with E-state index in [4.69, 9.17) is 0 Å². The Kier molecular flexibility index (Phi) is 9.87. The summed E-state index contributed by atoms with van der Waals surface area (Å²) in [5.41, 5.74) is 2.24. The maximum atomic E-state index is 3.50. The molecule has 17 heavy (non-hydrogen) atoms. The number of anilines is 2. The van der Waals surface area contributed by atoms with Crippen molar-refractivity contribution >= 4 is 11.4 Å². The summed E-state index contributed by atoms with van der Waals surface area (Å²) in [5.74, 6) is 0. The van der Waals surface area contributed by atoms with Gasteiger partial charge in [-0.1, -0.05) is 36.4 Å².